The van der Waals surface area contributed by atoms with Crippen LogP contribution in [0.25, 0.3) is 10.9 Å². The van der Waals surface area contributed by atoms with Crippen LogP contribution in [-0.2, 0) is 11.2 Å². The summed E-state index contributed by atoms with van der Waals surface area (Å²) < 4.78 is 0. The zero-order valence-corrected chi connectivity index (χ0v) is 17.7. The summed E-state index contributed by atoms with van der Waals surface area (Å²) >= 11 is 0. The van der Waals surface area contributed by atoms with Crippen LogP contribution in [0, 0.1) is 0 Å². The summed E-state index contributed by atoms with van der Waals surface area (Å²) in [4.78, 5) is 37.6. The van der Waals surface area contributed by atoms with Crippen molar-refractivity contribution in [1.82, 2.24) is 10.3 Å². The Labute approximate surface area is 190 Å². The molecule has 1 atom stereocenters. The van der Waals surface area contributed by atoms with Gasteiger partial charge in [0, 0.05) is 29.3 Å². The number of amides is 2. The maximum Gasteiger partial charge on any atom is 0.272 e. The normalized spacial score (nSPS) is 16.8. The van der Waals surface area contributed by atoms with Crippen molar-refractivity contribution in [2.24, 2.45) is 4.99 Å². The van der Waals surface area contributed by atoms with Gasteiger partial charge in [0.1, 0.15) is 0 Å². The molecule has 2 aliphatic heterocycles. The van der Waals surface area contributed by atoms with Crippen LogP contribution >= 0.6 is 0 Å². The van der Waals surface area contributed by atoms with Crippen molar-refractivity contribution in [2.75, 3.05) is 11.4 Å². The van der Waals surface area contributed by atoms with Crippen molar-refractivity contribution in [1.29, 1.82) is 0 Å². The molecule has 2 amide bonds. The van der Waals surface area contributed by atoms with E-state index in [2.05, 4.69) is 10.3 Å². The number of carbonyl (C=O) groups is 2. The second kappa shape index (κ2) is 7.67. The third-order valence-electron chi connectivity index (χ3n) is 6.18. The average Bonchev–Trinajstić information content (AvgIpc) is 3.26. The van der Waals surface area contributed by atoms with Crippen molar-refractivity contribution in [3.63, 3.8) is 0 Å². The first-order valence-corrected chi connectivity index (χ1v) is 10.9. The fourth-order valence-electron chi connectivity index (χ4n) is 4.59. The van der Waals surface area contributed by atoms with E-state index < -0.39 is 6.17 Å². The fraction of sp³-hybridized carbons (Fsp3) is 0.111. The number of aliphatic imine (C=N–C) groups is 1. The quantitative estimate of drug-likeness (QED) is 0.536. The van der Waals surface area contributed by atoms with E-state index in [0.29, 0.717) is 17.8 Å². The van der Waals surface area contributed by atoms with Gasteiger partial charge < -0.3 is 10.2 Å². The maximum atomic E-state index is 13.5. The average molecular weight is 432 g/mol. The minimum absolute atomic E-state index is 0.228. The molecule has 1 N–H and O–H groups in total. The number of carbonyl (C=O) groups excluding carboxylic acids is 2. The Kier molecular flexibility index (Phi) is 4.50. The molecule has 6 rings (SSSR count). The largest absolute Gasteiger partial charge is 0.322 e. The Morgan fingerprint density at radius 1 is 0.970 bits per heavy atom. The van der Waals surface area contributed by atoms with E-state index in [0.717, 1.165) is 39.7 Å². The Bertz CT molecular complexity index is 1450. The molecule has 0 fully saturated rings. The van der Waals surface area contributed by atoms with Crippen LogP contribution < -0.4 is 10.2 Å². The van der Waals surface area contributed by atoms with Gasteiger partial charge in [0.15, 0.2) is 0 Å². The van der Waals surface area contributed by atoms with Gasteiger partial charge in [0.05, 0.1) is 22.5 Å². The number of benzene rings is 3. The molecule has 0 radical (unpaired) electrons. The topological polar surface area (TPSA) is 74.7 Å². The lowest BCUT2D eigenvalue weighted by atomic mass is 9.98. The molecule has 2 aliphatic rings. The third kappa shape index (κ3) is 3.27. The van der Waals surface area contributed by atoms with E-state index in [9.17, 15) is 9.59 Å². The van der Waals surface area contributed by atoms with E-state index in [1.54, 1.807) is 11.0 Å². The van der Waals surface area contributed by atoms with E-state index in [4.69, 9.17) is 4.99 Å². The monoisotopic (exact) mass is 432 g/mol. The Morgan fingerprint density at radius 3 is 2.67 bits per heavy atom. The van der Waals surface area contributed by atoms with Gasteiger partial charge in [-0.3, -0.25) is 14.6 Å². The number of pyridine rings is 1. The predicted molar refractivity (Wildman–Crippen MR) is 128 cm³/mol. The highest BCUT2D eigenvalue weighted by atomic mass is 16.2. The fourth-order valence-corrected chi connectivity index (χ4v) is 4.59. The molecule has 6 nitrogen and oxygen atoms in total. The van der Waals surface area contributed by atoms with Gasteiger partial charge in [-0.25, -0.2) is 4.99 Å². The standard InChI is InChI=1S/C27H20N4O2/c32-26(20-15-19-9-4-5-12-22(19)28-16-20)30-25-27(33)31-14-13-18-10-6-11-21(24(18)31)23(29-25)17-7-2-1-3-8-17/h1-12,15-16,25H,13-14H2,(H,30,32). The van der Waals surface area contributed by atoms with Crippen molar-refractivity contribution in [3.8, 4) is 0 Å². The molecular weight excluding hydrogens is 412 g/mol. The van der Waals surface area contributed by atoms with E-state index in [-0.39, 0.29) is 11.8 Å². The molecule has 4 aromatic rings. The van der Waals surface area contributed by atoms with Crippen molar-refractivity contribution < 1.29 is 9.59 Å². The second-order valence-electron chi connectivity index (χ2n) is 8.19. The number of para-hydroxylation sites is 2. The van der Waals surface area contributed by atoms with Crippen molar-refractivity contribution in [2.45, 2.75) is 12.6 Å². The van der Waals surface area contributed by atoms with E-state index >= 15 is 0 Å². The summed E-state index contributed by atoms with van der Waals surface area (Å²) in [5.74, 6) is -0.609. The molecular formula is C27H20N4O2. The zero-order valence-electron chi connectivity index (χ0n) is 17.7. The lowest BCUT2D eigenvalue weighted by Crippen LogP contribution is -2.47. The molecule has 1 aromatic heterocycles. The number of fused-ring (bicyclic) bond motifs is 1. The predicted octanol–water partition coefficient (Wildman–Crippen LogP) is 3.73. The van der Waals surface area contributed by atoms with Crippen molar-refractivity contribution >= 4 is 34.1 Å². The lowest BCUT2D eigenvalue weighted by molar-refractivity contribution is -0.120. The number of rotatable bonds is 3. The third-order valence-corrected chi connectivity index (χ3v) is 6.18. The highest BCUT2D eigenvalue weighted by Crippen LogP contribution is 2.36. The minimum Gasteiger partial charge on any atom is -0.322 e. The molecule has 0 aliphatic carbocycles. The summed E-state index contributed by atoms with van der Waals surface area (Å²) in [6, 6.07) is 25.2. The molecule has 3 heterocycles. The Balaban J connectivity index is 1.42. The molecule has 33 heavy (non-hydrogen) atoms. The maximum absolute atomic E-state index is 13.5. The minimum atomic E-state index is -1.03. The number of hydrogen-bond donors (Lipinski definition) is 1. The molecule has 1 unspecified atom stereocenters. The van der Waals surface area contributed by atoms with Gasteiger partial charge in [0.2, 0.25) is 6.17 Å². The number of nitrogens with zero attached hydrogens (tertiary/aromatic N) is 3. The van der Waals surface area contributed by atoms with Crippen LogP contribution in [0.2, 0.25) is 0 Å². The number of aromatic nitrogens is 1. The number of nitrogens with one attached hydrogen (secondary N) is 1. The molecule has 0 bridgehead atoms. The first-order valence-electron chi connectivity index (χ1n) is 10.9. The second-order valence-corrected chi connectivity index (χ2v) is 8.19. The first kappa shape index (κ1) is 19.4. The highest BCUT2D eigenvalue weighted by molar-refractivity contribution is 6.21. The van der Waals surface area contributed by atoms with Crippen LogP contribution in [0.4, 0.5) is 5.69 Å². The number of hydrogen-bond acceptors (Lipinski definition) is 4. The number of anilines is 1. The van der Waals surface area contributed by atoms with Crippen molar-refractivity contribution in [3.05, 3.63) is 107 Å². The Morgan fingerprint density at radius 2 is 1.79 bits per heavy atom. The summed E-state index contributed by atoms with van der Waals surface area (Å²) in [6.07, 6.45) is 1.29. The summed E-state index contributed by atoms with van der Waals surface area (Å²) in [6.45, 7) is 0.576. The van der Waals surface area contributed by atoms with Crippen LogP contribution in [0.3, 0.4) is 0 Å². The Hall–Kier alpha value is -4.32. The van der Waals surface area contributed by atoms with Gasteiger partial charge in [-0.05, 0) is 24.1 Å². The highest BCUT2D eigenvalue weighted by Gasteiger charge is 2.37. The summed E-state index contributed by atoms with van der Waals surface area (Å²) in [5.41, 5.74) is 5.73. The van der Waals surface area contributed by atoms with Crippen LogP contribution in [-0.4, -0.2) is 35.2 Å². The smallest absolute Gasteiger partial charge is 0.272 e. The zero-order chi connectivity index (χ0) is 22.4. The van der Waals surface area contributed by atoms with Crippen LogP contribution in [0.15, 0.2) is 90.1 Å². The van der Waals surface area contributed by atoms with Gasteiger partial charge in [0.25, 0.3) is 11.8 Å². The molecule has 0 spiro atoms. The summed E-state index contributed by atoms with van der Waals surface area (Å²) in [5, 5.41) is 3.72. The molecule has 6 heteroatoms. The van der Waals surface area contributed by atoms with E-state index in [1.807, 2.05) is 72.8 Å². The lowest BCUT2D eigenvalue weighted by Gasteiger charge is -2.21. The molecule has 3 aromatic carbocycles. The molecule has 0 saturated carbocycles. The summed E-state index contributed by atoms with van der Waals surface area (Å²) in [7, 11) is 0. The van der Waals surface area contributed by atoms with Gasteiger partial charge in [-0.15, -0.1) is 0 Å². The van der Waals surface area contributed by atoms with Gasteiger partial charge in [-0.2, -0.15) is 0 Å². The SMILES string of the molecule is O=C(NC1N=C(c2ccccc2)c2cccc3c2N(CC3)C1=O)c1cnc2ccccc2c1. The van der Waals surface area contributed by atoms with E-state index in [1.165, 1.54) is 6.20 Å². The first-order chi connectivity index (χ1) is 16.2. The molecule has 160 valence electrons. The van der Waals surface area contributed by atoms with Crippen LogP contribution in [0.1, 0.15) is 27.0 Å². The molecule has 0 saturated heterocycles. The van der Waals surface area contributed by atoms with Gasteiger partial charge in [-0.1, -0.05) is 66.7 Å². The van der Waals surface area contributed by atoms with Gasteiger partial charge >= 0.3 is 0 Å². The van der Waals surface area contributed by atoms with Crippen LogP contribution in [0.5, 0.6) is 0 Å².